The highest BCUT2D eigenvalue weighted by molar-refractivity contribution is 5.36. The van der Waals surface area contributed by atoms with Crippen LogP contribution in [0.1, 0.15) is 16.7 Å². The Bertz CT molecular complexity index is 804. The number of quaternary nitrogens is 1. The molecule has 0 amide bonds. The van der Waals surface area contributed by atoms with Crippen LogP contribution in [-0.4, -0.2) is 11.7 Å². The topological polar surface area (TPSA) is 36.8 Å². The lowest BCUT2D eigenvalue weighted by molar-refractivity contribution is -0.682. The normalized spacial score (nSPS) is 13.4. The molecule has 0 aromatic heterocycles. The van der Waals surface area contributed by atoms with Crippen LogP contribution in [0.15, 0.2) is 78.9 Å². The van der Waals surface area contributed by atoms with Gasteiger partial charge in [0.15, 0.2) is 5.60 Å². The molecule has 1 atom stereocenters. The molecule has 3 rings (SSSR count). The van der Waals surface area contributed by atoms with Crippen molar-refractivity contribution in [3.8, 4) is 0 Å². The largest absolute Gasteiger partial charge is 0.375 e. The monoisotopic (exact) mass is 340 g/mol. The molecule has 0 unspecified atom stereocenters. The molecule has 0 heterocycles. The van der Waals surface area contributed by atoms with Gasteiger partial charge in [-0.3, -0.25) is 0 Å². The zero-order chi connectivity index (χ0) is 17.7. The maximum absolute atomic E-state index is 13.3. The van der Waals surface area contributed by atoms with Gasteiger partial charge in [0, 0.05) is 5.56 Å². The lowest BCUT2D eigenvalue weighted by Gasteiger charge is -2.27. The van der Waals surface area contributed by atoms with Gasteiger partial charge in [-0.1, -0.05) is 54.6 Å². The third-order valence-corrected chi connectivity index (χ3v) is 4.31. The third-order valence-electron chi connectivity index (χ3n) is 4.31. The van der Waals surface area contributed by atoms with Crippen LogP contribution in [0.2, 0.25) is 0 Å². The third kappa shape index (κ3) is 4.10. The first-order chi connectivity index (χ1) is 12.1. The molecule has 0 saturated carbocycles. The minimum Gasteiger partial charge on any atom is -0.375 e. The summed E-state index contributed by atoms with van der Waals surface area (Å²) >= 11 is 0. The maximum atomic E-state index is 13.3. The molecular weight excluding hydrogens is 320 g/mol. The lowest BCUT2D eigenvalue weighted by Crippen LogP contribution is -2.86. The summed E-state index contributed by atoms with van der Waals surface area (Å²) in [7, 11) is 0. The summed E-state index contributed by atoms with van der Waals surface area (Å²) in [5, 5.41) is 13.3. The maximum Gasteiger partial charge on any atom is 0.163 e. The zero-order valence-corrected chi connectivity index (χ0v) is 13.7. The highest BCUT2D eigenvalue weighted by Crippen LogP contribution is 2.28. The van der Waals surface area contributed by atoms with E-state index in [1.54, 1.807) is 24.3 Å². The van der Waals surface area contributed by atoms with Crippen LogP contribution in [0.25, 0.3) is 0 Å². The number of halogens is 2. The molecule has 0 radical (unpaired) electrons. The molecule has 0 aliphatic carbocycles. The minimum absolute atomic E-state index is 0.268. The van der Waals surface area contributed by atoms with Crippen molar-refractivity contribution in [1.29, 1.82) is 0 Å². The average Bonchev–Trinajstić information content (AvgIpc) is 2.64. The highest BCUT2D eigenvalue weighted by atomic mass is 19.1. The summed E-state index contributed by atoms with van der Waals surface area (Å²) in [6.45, 7) is 0.969. The number of hydrogen-bond donors (Lipinski definition) is 2. The van der Waals surface area contributed by atoms with E-state index in [0.29, 0.717) is 18.7 Å². The van der Waals surface area contributed by atoms with Crippen LogP contribution in [0, 0.1) is 11.6 Å². The first kappa shape index (κ1) is 17.3. The number of nitrogens with two attached hydrogens (primary N) is 1. The summed E-state index contributed by atoms with van der Waals surface area (Å²) in [4.78, 5) is 0. The summed E-state index contributed by atoms with van der Waals surface area (Å²) < 4.78 is 26.3. The van der Waals surface area contributed by atoms with E-state index in [0.717, 1.165) is 11.1 Å². The van der Waals surface area contributed by atoms with E-state index in [9.17, 15) is 13.9 Å². The van der Waals surface area contributed by atoms with Gasteiger partial charge >= 0.3 is 0 Å². The van der Waals surface area contributed by atoms with E-state index < -0.39 is 5.60 Å². The molecule has 0 bridgehead atoms. The van der Waals surface area contributed by atoms with E-state index in [2.05, 4.69) is 0 Å². The molecule has 4 heteroatoms. The van der Waals surface area contributed by atoms with Gasteiger partial charge in [0.1, 0.15) is 24.7 Å². The predicted molar refractivity (Wildman–Crippen MR) is 92.7 cm³/mol. The van der Waals surface area contributed by atoms with Gasteiger partial charge in [0.05, 0.1) is 0 Å². The molecule has 3 N–H and O–H groups in total. The standard InChI is InChI=1S/C21H19F2NO/c22-19-10-6-16(7-11-19)14-24-15-21(25,17-4-2-1-3-5-17)18-8-12-20(23)13-9-18/h1-13,24-25H,14-15H2/p+1/t21-/m1/s1. The summed E-state index contributed by atoms with van der Waals surface area (Å²) in [6, 6.07) is 21.5. The van der Waals surface area contributed by atoms with Gasteiger partial charge in [0.2, 0.25) is 0 Å². The fraction of sp³-hybridized carbons (Fsp3) is 0.143. The predicted octanol–water partition coefficient (Wildman–Crippen LogP) is 2.96. The first-order valence-corrected chi connectivity index (χ1v) is 8.18. The zero-order valence-electron chi connectivity index (χ0n) is 13.7. The van der Waals surface area contributed by atoms with Crippen molar-refractivity contribution >= 4 is 0 Å². The Morgan fingerprint density at radius 1 is 0.720 bits per heavy atom. The Morgan fingerprint density at radius 3 is 1.84 bits per heavy atom. The number of benzene rings is 3. The Labute approximate surface area is 145 Å². The molecule has 25 heavy (non-hydrogen) atoms. The van der Waals surface area contributed by atoms with Crippen LogP contribution in [0.5, 0.6) is 0 Å². The van der Waals surface area contributed by atoms with Crippen LogP contribution < -0.4 is 5.32 Å². The second kappa shape index (κ2) is 7.55. The molecule has 2 nitrogen and oxygen atoms in total. The van der Waals surface area contributed by atoms with Gasteiger partial charge in [-0.2, -0.15) is 0 Å². The van der Waals surface area contributed by atoms with Crippen LogP contribution in [0.3, 0.4) is 0 Å². The smallest absolute Gasteiger partial charge is 0.163 e. The molecule has 0 aliphatic heterocycles. The summed E-state index contributed by atoms with van der Waals surface area (Å²) in [5.41, 5.74) is 1.11. The SMILES string of the molecule is O[C@](C[NH2+]Cc1ccc(F)cc1)(c1ccccc1)c1ccc(F)cc1. The second-order valence-electron chi connectivity index (χ2n) is 6.06. The van der Waals surface area contributed by atoms with Crippen molar-refractivity contribution in [3.05, 3.63) is 107 Å². The molecular formula is C21H20F2NO+. The van der Waals surface area contributed by atoms with E-state index in [1.165, 1.54) is 24.3 Å². The minimum atomic E-state index is -1.24. The van der Waals surface area contributed by atoms with E-state index in [1.807, 2.05) is 35.6 Å². The number of hydrogen-bond acceptors (Lipinski definition) is 1. The molecule has 0 fully saturated rings. The molecule has 3 aromatic rings. The molecule has 0 aliphatic rings. The number of rotatable bonds is 6. The molecule has 0 saturated heterocycles. The molecule has 0 spiro atoms. The van der Waals surface area contributed by atoms with Crippen LogP contribution in [0.4, 0.5) is 8.78 Å². The Balaban J connectivity index is 1.81. The summed E-state index contributed by atoms with van der Waals surface area (Å²) in [6.07, 6.45) is 0. The van der Waals surface area contributed by atoms with Gasteiger partial charge in [-0.25, -0.2) is 8.78 Å². The van der Waals surface area contributed by atoms with Crippen molar-refractivity contribution in [2.75, 3.05) is 6.54 Å². The fourth-order valence-electron chi connectivity index (χ4n) is 2.91. The van der Waals surface area contributed by atoms with Crippen molar-refractivity contribution in [2.24, 2.45) is 0 Å². The van der Waals surface area contributed by atoms with Crippen LogP contribution >= 0.6 is 0 Å². The van der Waals surface area contributed by atoms with Gasteiger partial charge in [-0.15, -0.1) is 0 Å². The van der Waals surface area contributed by atoms with Gasteiger partial charge < -0.3 is 10.4 Å². The van der Waals surface area contributed by atoms with E-state index >= 15 is 0 Å². The van der Waals surface area contributed by atoms with E-state index in [-0.39, 0.29) is 11.6 Å². The Kier molecular flexibility index (Phi) is 5.22. The van der Waals surface area contributed by atoms with Gasteiger partial charge in [-0.05, 0) is 35.4 Å². The molecule has 3 aromatic carbocycles. The number of aliphatic hydroxyl groups is 1. The van der Waals surface area contributed by atoms with Gasteiger partial charge in [0.25, 0.3) is 0 Å². The van der Waals surface area contributed by atoms with Crippen LogP contribution in [-0.2, 0) is 12.1 Å². The fourth-order valence-corrected chi connectivity index (χ4v) is 2.91. The average molecular weight is 340 g/mol. The quantitative estimate of drug-likeness (QED) is 0.711. The second-order valence-corrected chi connectivity index (χ2v) is 6.06. The van der Waals surface area contributed by atoms with Crippen molar-refractivity contribution in [2.45, 2.75) is 12.1 Å². The molecule has 128 valence electrons. The van der Waals surface area contributed by atoms with E-state index in [4.69, 9.17) is 0 Å². The summed E-state index contributed by atoms with van der Waals surface area (Å²) in [5.74, 6) is -0.606. The van der Waals surface area contributed by atoms with Crippen molar-refractivity contribution in [1.82, 2.24) is 0 Å². The first-order valence-electron chi connectivity index (χ1n) is 8.18. The highest BCUT2D eigenvalue weighted by Gasteiger charge is 2.33. The van der Waals surface area contributed by atoms with Crippen molar-refractivity contribution in [3.63, 3.8) is 0 Å². The Hall–Kier alpha value is -2.56. The Morgan fingerprint density at radius 2 is 1.24 bits per heavy atom. The lowest BCUT2D eigenvalue weighted by atomic mass is 9.86. The van der Waals surface area contributed by atoms with Crippen molar-refractivity contribution < 1.29 is 19.2 Å².